The lowest BCUT2D eigenvalue weighted by Gasteiger charge is -2.26. The van der Waals surface area contributed by atoms with Gasteiger partial charge in [0.05, 0.1) is 46.1 Å². The van der Waals surface area contributed by atoms with Crippen molar-refractivity contribution in [1.29, 1.82) is 0 Å². The Labute approximate surface area is 221 Å². The van der Waals surface area contributed by atoms with Gasteiger partial charge in [-0.1, -0.05) is 12.1 Å². The van der Waals surface area contributed by atoms with Crippen molar-refractivity contribution in [2.45, 2.75) is 18.1 Å². The summed E-state index contributed by atoms with van der Waals surface area (Å²) in [5, 5.41) is 4.50. The first-order valence-corrected chi connectivity index (χ1v) is 13.4. The molecule has 13 heteroatoms. The zero-order valence-corrected chi connectivity index (χ0v) is 22.8. The predicted molar refractivity (Wildman–Crippen MR) is 138 cm³/mol. The van der Waals surface area contributed by atoms with Crippen LogP contribution in [0.3, 0.4) is 0 Å². The van der Waals surface area contributed by atoms with Crippen LogP contribution in [0.1, 0.15) is 5.56 Å². The molecule has 4 rings (SSSR count). The van der Waals surface area contributed by atoms with Crippen molar-refractivity contribution in [2.75, 3.05) is 54.7 Å². The number of methoxy groups -OCH3 is 3. The van der Waals surface area contributed by atoms with Gasteiger partial charge in [-0.3, -0.25) is 4.90 Å². The Morgan fingerprint density at radius 2 is 1.78 bits per heavy atom. The van der Waals surface area contributed by atoms with Crippen LogP contribution in [0, 0.1) is 4.84 Å². The maximum absolute atomic E-state index is 13.1. The molecule has 2 aromatic carbocycles. The molecule has 37 heavy (non-hydrogen) atoms. The lowest BCUT2D eigenvalue weighted by Crippen LogP contribution is -2.40. The van der Waals surface area contributed by atoms with Crippen LogP contribution in [0.25, 0.3) is 11.5 Å². The van der Waals surface area contributed by atoms with Gasteiger partial charge < -0.3 is 23.4 Å². The molecule has 200 valence electrons. The third kappa shape index (κ3) is 5.80. The number of benzene rings is 2. The van der Waals surface area contributed by atoms with Gasteiger partial charge in [-0.15, -0.1) is 5.10 Å². The average molecular weight is 551 g/mol. The molecule has 0 saturated carbocycles. The number of hydrogen-bond donors (Lipinski definition) is 0. The Morgan fingerprint density at radius 3 is 2.46 bits per heavy atom. The summed E-state index contributed by atoms with van der Waals surface area (Å²) >= 11 is 5.39. The molecule has 11 nitrogen and oxygen atoms in total. The minimum absolute atomic E-state index is 0.167. The Bertz CT molecular complexity index is 1400. The van der Waals surface area contributed by atoms with Gasteiger partial charge in [0, 0.05) is 30.8 Å². The predicted octanol–water partition coefficient (Wildman–Crippen LogP) is 3.01. The van der Waals surface area contributed by atoms with Gasteiger partial charge >= 0.3 is 0 Å². The van der Waals surface area contributed by atoms with Crippen molar-refractivity contribution >= 4 is 22.2 Å². The summed E-state index contributed by atoms with van der Waals surface area (Å²) in [6.07, 6.45) is 0. The van der Waals surface area contributed by atoms with E-state index in [0.29, 0.717) is 62.3 Å². The number of aromatic nitrogens is 2. The molecule has 1 fully saturated rings. The molecule has 0 N–H and O–H groups in total. The highest BCUT2D eigenvalue weighted by Gasteiger charge is 2.27. The van der Waals surface area contributed by atoms with Gasteiger partial charge in [-0.25, -0.2) is 13.1 Å². The summed E-state index contributed by atoms with van der Waals surface area (Å²) in [4.78, 5) is 2.31. The van der Waals surface area contributed by atoms with E-state index in [4.69, 9.17) is 35.6 Å². The van der Waals surface area contributed by atoms with Crippen LogP contribution in [0.4, 0.5) is 0 Å². The molecule has 1 aliphatic rings. The highest BCUT2D eigenvalue weighted by atomic mass is 32.2. The SMILES string of the molecule is COc1ccc(CN(C)Cn2nc(-c3cccc(S(=O)(=O)N4CCOCC4)c3)oc2=S)c(OC)c1OC. The first-order valence-electron chi connectivity index (χ1n) is 11.5. The van der Waals surface area contributed by atoms with Gasteiger partial charge in [0.25, 0.3) is 4.84 Å². The van der Waals surface area contributed by atoms with E-state index in [1.807, 2.05) is 24.1 Å². The summed E-state index contributed by atoms with van der Waals surface area (Å²) in [6.45, 7) is 2.21. The van der Waals surface area contributed by atoms with Gasteiger partial charge in [0.2, 0.25) is 21.7 Å². The van der Waals surface area contributed by atoms with Crippen molar-refractivity contribution < 1.29 is 31.8 Å². The van der Waals surface area contributed by atoms with Crippen molar-refractivity contribution in [3.63, 3.8) is 0 Å². The van der Waals surface area contributed by atoms with E-state index in [1.54, 1.807) is 50.3 Å². The third-order valence-corrected chi connectivity index (χ3v) is 8.09. The number of ether oxygens (including phenoxy) is 4. The fourth-order valence-electron chi connectivity index (χ4n) is 4.10. The summed E-state index contributed by atoms with van der Waals surface area (Å²) < 4.78 is 56.5. The number of rotatable bonds is 10. The number of nitrogens with zero attached hydrogens (tertiary/aromatic N) is 4. The van der Waals surface area contributed by atoms with Crippen molar-refractivity contribution in [3.8, 4) is 28.7 Å². The summed E-state index contributed by atoms with van der Waals surface area (Å²) in [6, 6.07) is 10.2. The summed E-state index contributed by atoms with van der Waals surface area (Å²) in [5.41, 5.74) is 1.40. The number of morpholine rings is 1. The Hall–Kier alpha value is -2.97. The van der Waals surface area contributed by atoms with Crippen molar-refractivity contribution in [3.05, 3.63) is 46.8 Å². The Kier molecular flexibility index (Phi) is 8.49. The van der Waals surface area contributed by atoms with Gasteiger partial charge in [-0.2, -0.15) is 4.31 Å². The van der Waals surface area contributed by atoms with E-state index < -0.39 is 10.0 Å². The van der Waals surface area contributed by atoms with Crippen LogP contribution in [0.5, 0.6) is 17.2 Å². The Morgan fingerprint density at radius 1 is 1.05 bits per heavy atom. The highest BCUT2D eigenvalue weighted by molar-refractivity contribution is 7.89. The fourth-order valence-corrected chi connectivity index (χ4v) is 5.73. The molecule has 0 atom stereocenters. The second-order valence-corrected chi connectivity index (χ2v) is 10.7. The van der Waals surface area contributed by atoms with Crippen molar-refractivity contribution in [1.82, 2.24) is 19.0 Å². The second kappa shape index (κ2) is 11.6. The molecular formula is C24H30N4O7S2. The maximum atomic E-state index is 13.1. The monoisotopic (exact) mass is 550 g/mol. The third-order valence-electron chi connectivity index (χ3n) is 5.90. The zero-order valence-electron chi connectivity index (χ0n) is 21.2. The van der Waals surface area contributed by atoms with Crippen LogP contribution in [0.2, 0.25) is 0 Å². The quantitative estimate of drug-likeness (QED) is 0.350. The minimum Gasteiger partial charge on any atom is -0.493 e. The van der Waals surface area contributed by atoms with Crippen LogP contribution < -0.4 is 14.2 Å². The van der Waals surface area contributed by atoms with Gasteiger partial charge in [0.1, 0.15) is 0 Å². The molecular weight excluding hydrogens is 520 g/mol. The van der Waals surface area contributed by atoms with Crippen molar-refractivity contribution in [2.24, 2.45) is 0 Å². The van der Waals surface area contributed by atoms with E-state index >= 15 is 0 Å². The molecule has 1 aromatic heterocycles. The topological polar surface area (TPSA) is 109 Å². The molecule has 0 unspecified atom stereocenters. The van der Waals surface area contributed by atoms with Crippen LogP contribution in [-0.2, 0) is 28.0 Å². The largest absolute Gasteiger partial charge is 0.493 e. The van der Waals surface area contributed by atoms with E-state index in [0.717, 1.165) is 5.56 Å². The molecule has 0 spiro atoms. The molecule has 1 aliphatic heterocycles. The standard InChI is InChI=1S/C24H30N4O7S2/c1-26(15-18-8-9-20(31-2)22(33-4)21(18)32-3)16-28-24(36)35-23(25-28)17-6-5-7-19(14-17)37(29,30)27-10-12-34-13-11-27/h5-9,14H,10-13,15-16H2,1-4H3. The fraction of sp³-hybridized carbons (Fsp3) is 0.417. The van der Waals surface area contributed by atoms with Gasteiger partial charge in [-0.05, 0) is 43.5 Å². The minimum atomic E-state index is -3.66. The average Bonchev–Trinajstić information content (AvgIpc) is 3.28. The lowest BCUT2D eigenvalue weighted by atomic mass is 10.1. The van der Waals surface area contributed by atoms with Gasteiger partial charge in [0.15, 0.2) is 11.5 Å². The Balaban J connectivity index is 1.53. The molecule has 1 saturated heterocycles. The summed E-state index contributed by atoms with van der Waals surface area (Å²) in [5.74, 6) is 1.91. The van der Waals surface area contributed by atoms with E-state index in [2.05, 4.69) is 5.10 Å². The van der Waals surface area contributed by atoms with Crippen LogP contribution in [0.15, 0.2) is 45.7 Å². The summed E-state index contributed by atoms with van der Waals surface area (Å²) in [7, 11) is 2.96. The first-order chi connectivity index (χ1) is 17.8. The van der Waals surface area contributed by atoms with E-state index in [9.17, 15) is 8.42 Å². The van der Waals surface area contributed by atoms with Crippen LogP contribution in [-0.4, -0.2) is 82.1 Å². The van der Waals surface area contributed by atoms with E-state index in [1.165, 1.54) is 4.31 Å². The number of hydrogen-bond acceptors (Lipinski definition) is 10. The highest BCUT2D eigenvalue weighted by Crippen LogP contribution is 2.40. The first kappa shape index (κ1) is 27.1. The lowest BCUT2D eigenvalue weighted by molar-refractivity contribution is 0.0730. The smallest absolute Gasteiger partial charge is 0.288 e. The van der Waals surface area contributed by atoms with Crippen LogP contribution >= 0.6 is 12.2 Å². The molecule has 0 amide bonds. The second-order valence-electron chi connectivity index (χ2n) is 8.37. The molecule has 0 radical (unpaired) electrons. The molecule has 0 bridgehead atoms. The molecule has 2 heterocycles. The zero-order chi connectivity index (χ0) is 26.6. The molecule has 3 aromatic rings. The van der Waals surface area contributed by atoms with E-state index in [-0.39, 0.29) is 15.6 Å². The molecule has 0 aliphatic carbocycles. The number of sulfonamides is 1. The maximum Gasteiger partial charge on any atom is 0.288 e. The normalized spacial score (nSPS) is 14.6.